The molecular formula is C47H28N4O. The van der Waals surface area contributed by atoms with Gasteiger partial charge in [-0.2, -0.15) is 0 Å². The highest BCUT2D eigenvalue weighted by molar-refractivity contribution is 6.14. The molecular weight excluding hydrogens is 637 g/mol. The Balaban J connectivity index is 1.22. The summed E-state index contributed by atoms with van der Waals surface area (Å²) in [6.07, 6.45) is 0. The third-order valence-corrected chi connectivity index (χ3v) is 10.2. The van der Waals surface area contributed by atoms with Crippen LogP contribution in [0, 0.1) is 0 Å². The van der Waals surface area contributed by atoms with Crippen molar-refractivity contribution in [3.63, 3.8) is 0 Å². The van der Waals surface area contributed by atoms with Gasteiger partial charge in [0.2, 0.25) is 0 Å². The van der Waals surface area contributed by atoms with Crippen molar-refractivity contribution in [2.24, 2.45) is 0 Å². The highest BCUT2D eigenvalue weighted by Gasteiger charge is 2.21. The molecule has 5 heteroatoms. The third kappa shape index (κ3) is 4.46. The first kappa shape index (κ1) is 28.7. The SMILES string of the molecule is c1ccc(-c2nc(-c3ccc4c(c3)oc3ccccc34)nc(-c3cc4ccccc4cc3-n3c4ccccc4c4cc5ccccc5cc43)n2)cc1. The number of fused-ring (bicyclic) bond motifs is 8. The molecule has 0 saturated heterocycles. The Morgan fingerprint density at radius 1 is 0.365 bits per heavy atom. The van der Waals surface area contributed by atoms with Gasteiger partial charge < -0.3 is 8.98 Å². The second-order valence-corrected chi connectivity index (χ2v) is 13.3. The molecule has 0 amide bonds. The summed E-state index contributed by atoms with van der Waals surface area (Å²) < 4.78 is 8.68. The molecule has 0 spiro atoms. The van der Waals surface area contributed by atoms with Crippen molar-refractivity contribution >= 4 is 65.3 Å². The van der Waals surface area contributed by atoms with E-state index in [-0.39, 0.29) is 0 Å². The fourth-order valence-electron chi connectivity index (χ4n) is 7.71. The summed E-state index contributed by atoms with van der Waals surface area (Å²) in [4.78, 5) is 15.6. The van der Waals surface area contributed by atoms with Crippen molar-refractivity contribution in [1.82, 2.24) is 19.5 Å². The monoisotopic (exact) mass is 664 g/mol. The molecule has 0 aliphatic heterocycles. The van der Waals surface area contributed by atoms with E-state index in [1.807, 2.05) is 54.6 Å². The largest absolute Gasteiger partial charge is 0.456 e. The number of nitrogens with zero attached hydrogens (tertiary/aromatic N) is 4. The molecule has 3 aromatic heterocycles. The van der Waals surface area contributed by atoms with Crippen LogP contribution in [0.1, 0.15) is 0 Å². The van der Waals surface area contributed by atoms with Crippen LogP contribution in [-0.4, -0.2) is 19.5 Å². The summed E-state index contributed by atoms with van der Waals surface area (Å²) in [5, 5.41) is 9.21. The Labute approximate surface area is 298 Å². The van der Waals surface area contributed by atoms with Crippen LogP contribution in [0.15, 0.2) is 174 Å². The highest BCUT2D eigenvalue weighted by Crippen LogP contribution is 2.40. The van der Waals surface area contributed by atoms with Crippen molar-refractivity contribution in [1.29, 1.82) is 0 Å². The molecule has 0 atom stereocenters. The van der Waals surface area contributed by atoms with Crippen molar-refractivity contribution in [2.45, 2.75) is 0 Å². The first-order chi connectivity index (χ1) is 25.7. The lowest BCUT2D eigenvalue weighted by Gasteiger charge is -2.16. The predicted molar refractivity (Wildman–Crippen MR) is 213 cm³/mol. The number of benzene rings is 8. The molecule has 242 valence electrons. The molecule has 0 bridgehead atoms. The highest BCUT2D eigenvalue weighted by atomic mass is 16.3. The number of furan rings is 1. The van der Waals surface area contributed by atoms with E-state index in [1.165, 1.54) is 21.5 Å². The average Bonchev–Trinajstić information content (AvgIpc) is 3.74. The smallest absolute Gasteiger partial charge is 0.166 e. The molecule has 11 aromatic rings. The van der Waals surface area contributed by atoms with E-state index in [2.05, 4.69) is 120 Å². The van der Waals surface area contributed by atoms with Gasteiger partial charge in [-0.05, 0) is 70.1 Å². The maximum absolute atomic E-state index is 6.30. The zero-order valence-electron chi connectivity index (χ0n) is 27.9. The minimum atomic E-state index is 0.582. The fraction of sp³-hybridized carbons (Fsp3) is 0. The summed E-state index contributed by atoms with van der Waals surface area (Å²) in [5.41, 5.74) is 7.60. The molecule has 0 aliphatic carbocycles. The molecule has 5 nitrogen and oxygen atoms in total. The van der Waals surface area contributed by atoms with Gasteiger partial charge in [-0.3, -0.25) is 0 Å². The topological polar surface area (TPSA) is 56.7 Å². The van der Waals surface area contributed by atoms with E-state index in [1.54, 1.807) is 0 Å². The predicted octanol–water partition coefficient (Wildman–Crippen LogP) is 12.2. The maximum Gasteiger partial charge on any atom is 0.166 e. The van der Waals surface area contributed by atoms with Gasteiger partial charge in [0.05, 0.1) is 16.7 Å². The Hall–Kier alpha value is -7.11. The maximum atomic E-state index is 6.30. The van der Waals surface area contributed by atoms with Crippen LogP contribution in [0.3, 0.4) is 0 Å². The molecule has 11 rings (SSSR count). The summed E-state index contributed by atoms with van der Waals surface area (Å²) in [7, 11) is 0. The van der Waals surface area contributed by atoms with Crippen LogP contribution >= 0.6 is 0 Å². The van der Waals surface area contributed by atoms with Gasteiger partial charge in [0.25, 0.3) is 0 Å². The number of hydrogen-bond acceptors (Lipinski definition) is 4. The molecule has 0 unspecified atom stereocenters. The van der Waals surface area contributed by atoms with Gasteiger partial charge in [0.15, 0.2) is 17.5 Å². The Morgan fingerprint density at radius 3 is 1.77 bits per heavy atom. The number of para-hydroxylation sites is 2. The van der Waals surface area contributed by atoms with Crippen molar-refractivity contribution in [3.8, 4) is 39.9 Å². The van der Waals surface area contributed by atoms with E-state index >= 15 is 0 Å². The number of aromatic nitrogens is 4. The summed E-state index contributed by atoms with van der Waals surface area (Å²) >= 11 is 0. The van der Waals surface area contributed by atoms with Crippen LogP contribution in [-0.2, 0) is 0 Å². The summed E-state index contributed by atoms with van der Waals surface area (Å²) in [6.45, 7) is 0. The van der Waals surface area contributed by atoms with Gasteiger partial charge in [-0.25, -0.2) is 15.0 Å². The van der Waals surface area contributed by atoms with Crippen molar-refractivity contribution in [3.05, 3.63) is 170 Å². The van der Waals surface area contributed by atoms with Crippen molar-refractivity contribution < 1.29 is 4.42 Å². The quantitative estimate of drug-likeness (QED) is 0.188. The van der Waals surface area contributed by atoms with Gasteiger partial charge in [-0.1, -0.05) is 121 Å². The molecule has 52 heavy (non-hydrogen) atoms. The first-order valence-corrected chi connectivity index (χ1v) is 17.4. The Kier molecular flexibility index (Phi) is 6.18. The average molecular weight is 665 g/mol. The van der Waals surface area contributed by atoms with Gasteiger partial charge in [0, 0.05) is 38.2 Å². The Bertz CT molecular complexity index is 3190. The van der Waals surface area contributed by atoms with Gasteiger partial charge in [0.1, 0.15) is 11.2 Å². The minimum absolute atomic E-state index is 0.582. The molecule has 0 N–H and O–H groups in total. The summed E-state index contributed by atoms with van der Waals surface area (Å²) in [6, 6.07) is 59.3. The van der Waals surface area contributed by atoms with E-state index in [0.29, 0.717) is 17.5 Å². The normalized spacial score (nSPS) is 11.8. The third-order valence-electron chi connectivity index (χ3n) is 10.2. The van der Waals surface area contributed by atoms with Crippen LogP contribution in [0.4, 0.5) is 0 Å². The fourth-order valence-corrected chi connectivity index (χ4v) is 7.71. The van der Waals surface area contributed by atoms with Gasteiger partial charge >= 0.3 is 0 Å². The second kappa shape index (κ2) is 11.2. The first-order valence-electron chi connectivity index (χ1n) is 17.4. The van der Waals surface area contributed by atoms with Crippen LogP contribution in [0.2, 0.25) is 0 Å². The van der Waals surface area contributed by atoms with E-state index in [9.17, 15) is 0 Å². The standard InChI is InChI=1S/C47H28N4O/c1-2-12-29(13-3-1)45-48-46(34-22-23-37-36-19-9-11-21-43(36)52-44(37)28-34)50-47(49-45)39-25-31-15-5-7-17-33(31)27-42(39)51-40-20-10-8-18-35(40)38-24-30-14-4-6-16-32(30)26-41(38)51/h1-28H. The molecule has 3 heterocycles. The molecule has 0 radical (unpaired) electrons. The number of rotatable bonds is 4. The lowest BCUT2D eigenvalue weighted by atomic mass is 10.0. The zero-order valence-corrected chi connectivity index (χ0v) is 27.9. The Morgan fingerprint density at radius 2 is 0.962 bits per heavy atom. The van der Waals surface area contributed by atoms with Crippen LogP contribution < -0.4 is 0 Å². The number of hydrogen-bond donors (Lipinski definition) is 0. The molecule has 0 fully saturated rings. The van der Waals surface area contributed by atoms with Crippen molar-refractivity contribution in [2.75, 3.05) is 0 Å². The van der Waals surface area contributed by atoms with Gasteiger partial charge in [-0.15, -0.1) is 0 Å². The zero-order chi connectivity index (χ0) is 34.2. The summed E-state index contributed by atoms with van der Waals surface area (Å²) in [5.74, 6) is 1.79. The molecule has 0 saturated carbocycles. The second-order valence-electron chi connectivity index (χ2n) is 13.3. The lowest BCUT2D eigenvalue weighted by molar-refractivity contribution is 0.669. The molecule has 8 aromatic carbocycles. The van der Waals surface area contributed by atoms with Crippen LogP contribution in [0.25, 0.3) is 105 Å². The van der Waals surface area contributed by atoms with E-state index in [4.69, 9.17) is 19.4 Å². The van der Waals surface area contributed by atoms with Crippen LogP contribution in [0.5, 0.6) is 0 Å². The lowest BCUT2D eigenvalue weighted by Crippen LogP contribution is -2.04. The van der Waals surface area contributed by atoms with E-state index in [0.717, 1.165) is 66.1 Å². The molecule has 0 aliphatic rings. The van der Waals surface area contributed by atoms with E-state index < -0.39 is 0 Å². The minimum Gasteiger partial charge on any atom is -0.456 e.